The van der Waals surface area contributed by atoms with Crippen LogP contribution in [0, 0.1) is 0 Å². The first-order valence-electron chi connectivity index (χ1n) is 5.87. The summed E-state index contributed by atoms with van der Waals surface area (Å²) in [5, 5.41) is 0.751. The fourth-order valence-electron chi connectivity index (χ4n) is 2.28. The van der Waals surface area contributed by atoms with Crippen LogP contribution in [0.5, 0.6) is 0 Å². The Bertz CT molecular complexity index is 613. The summed E-state index contributed by atoms with van der Waals surface area (Å²) in [4.78, 5) is 13.4. The molecule has 20 heavy (non-hydrogen) atoms. The highest BCUT2D eigenvalue weighted by Gasteiger charge is 2.35. The average Bonchev–Trinajstić information content (AvgIpc) is 2.68. The van der Waals surface area contributed by atoms with Gasteiger partial charge in [0.15, 0.2) is 9.84 Å². The number of halogens is 3. The van der Waals surface area contributed by atoms with Crippen molar-refractivity contribution in [3.8, 4) is 0 Å². The van der Waals surface area contributed by atoms with Crippen molar-refractivity contribution in [1.29, 1.82) is 0 Å². The molecule has 1 atom stereocenters. The molecule has 1 aromatic rings. The minimum Gasteiger partial charge on any atom is -0.307 e. The van der Waals surface area contributed by atoms with Crippen LogP contribution in [-0.2, 0) is 14.6 Å². The van der Waals surface area contributed by atoms with Crippen molar-refractivity contribution in [2.24, 2.45) is 0 Å². The molecule has 0 aromatic heterocycles. The minimum absolute atomic E-state index is 0.0675. The lowest BCUT2D eigenvalue weighted by Crippen LogP contribution is -2.42. The summed E-state index contributed by atoms with van der Waals surface area (Å²) < 4.78 is 23.2. The van der Waals surface area contributed by atoms with Gasteiger partial charge in [-0.15, -0.1) is 11.6 Å². The van der Waals surface area contributed by atoms with Gasteiger partial charge in [-0.25, -0.2) is 8.42 Å². The number of alkyl halides is 1. The number of carbonyl (C=O) groups is 1. The van der Waals surface area contributed by atoms with Gasteiger partial charge in [-0.1, -0.05) is 23.2 Å². The van der Waals surface area contributed by atoms with Gasteiger partial charge in [0.25, 0.3) is 0 Å². The molecule has 110 valence electrons. The van der Waals surface area contributed by atoms with Crippen LogP contribution < -0.4 is 4.90 Å². The molecule has 1 saturated heterocycles. The Morgan fingerprint density at radius 1 is 1.25 bits per heavy atom. The maximum Gasteiger partial charge on any atom is 0.242 e. The summed E-state index contributed by atoms with van der Waals surface area (Å²) in [7, 11) is -3.11. The maximum atomic E-state index is 12.0. The number of carbonyl (C=O) groups excluding carboxylic acids is 1. The van der Waals surface area contributed by atoms with Gasteiger partial charge in [0.05, 0.1) is 17.5 Å². The van der Waals surface area contributed by atoms with Crippen molar-refractivity contribution in [1.82, 2.24) is 0 Å². The molecule has 1 heterocycles. The summed E-state index contributed by atoms with van der Waals surface area (Å²) in [6.07, 6.45) is 0.384. The lowest BCUT2D eigenvalue weighted by Gasteiger charge is -2.28. The van der Waals surface area contributed by atoms with E-state index < -0.39 is 15.9 Å². The van der Waals surface area contributed by atoms with Gasteiger partial charge in [0.1, 0.15) is 5.88 Å². The van der Waals surface area contributed by atoms with Crippen LogP contribution in [0.25, 0.3) is 0 Å². The number of anilines is 1. The molecule has 2 rings (SSSR count). The first kappa shape index (κ1) is 15.9. The third kappa shape index (κ3) is 3.58. The SMILES string of the molecule is O=C(CCl)N(c1cc(Cl)cc(Cl)c1)[C@@H]1CCS(=O)(=O)C1. The van der Waals surface area contributed by atoms with Crippen LogP contribution in [0.4, 0.5) is 5.69 Å². The van der Waals surface area contributed by atoms with Crippen LogP contribution in [0.3, 0.4) is 0 Å². The predicted octanol–water partition coefficient (Wildman–Crippen LogP) is 2.75. The Labute approximate surface area is 132 Å². The van der Waals surface area contributed by atoms with Crippen molar-refractivity contribution in [3.63, 3.8) is 0 Å². The molecule has 1 aliphatic heterocycles. The van der Waals surface area contributed by atoms with Crippen molar-refractivity contribution in [3.05, 3.63) is 28.2 Å². The molecule has 8 heteroatoms. The van der Waals surface area contributed by atoms with E-state index in [2.05, 4.69) is 0 Å². The summed E-state index contributed by atoms with van der Waals surface area (Å²) >= 11 is 17.5. The standard InChI is InChI=1S/C12H12Cl3NO3S/c13-6-12(17)16(10-1-2-20(18,19)7-10)11-4-8(14)3-9(15)5-11/h3-5,10H,1-2,6-7H2/t10-/m1/s1. The zero-order chi connectivity index (χ0) is 14.9. The predicted molar refractivity (Wildman–Crippen MR) is 81.7 cm³/mol. The molecule has 0 unspecified atom stereocenters. The lowest BCUT2D eigenvalue weighted by molar-refractivity contribution is -0.116. The molecule has 0 radical (unpaired) electrons. The second kappa shape index (κ2) is 6.10. The normalized spacial score (nSPS) is 20.9. The third-order valence-corrected chi connectivity index (χ3v) is 5.50. The number of amides is 1. The second-order valence-corrected chi connectivity index (χ2v) is 7.95. The smallest absolute Gasteiger partial charge is 0.242 e. The van der Waals surface area contributed by atoms with Crippen molar-refractivity contribution >= 4 is 56.2 Å². The molecule has 0 spiro atoms. The second-order valence-electron chi connectivity index (χ2n) is 4.58. The first-order chi connectivity index (χ1) is 9.32. The molecule has 1 fully saturated rings. The molecular weight excluding hydrogens is 345 g/mol. The highest BCUT2D eigenvalue weighted by atomic mass is 35.5. The van der Waals surface area contributed by atoms with Crippen LogP contribution in [0.1, 0.15) is 6.42 Å². The quantitative estimate of drug-likeness (QED) is 0.783. The van der Waals surface area contributed by atoms with Crippen LogP contribution in [0.2, 0.25) is 10.0 Å². The van der Waals surface area contributed by atoms with Gasteiger partial charge < -0.3 is 4.90 Å². The van der Waals surface area contributed by atoms with Crippen LogP contribution in [-0.4, -0.2) is 37.8 Å². The van der Waals surface area contributed by atoms with E-state index in [9.17, 15) is 13.2 Å². The zero-order valence-electron chi connectivity index (χ0n) is 10.4. The number of rotatable bonds is 3. The van der Waals surface area contributed by atoms with Crippen molar-refractivity contribution in [2.75, 3.05) is 22.3 Å². The van der Waals surface area contributed by atoms with Crippen molar-refractivity contribution < 1.29 is 13.2 Å². The number of nitrogens with zero attached hydrogens (tertiary/aromatic N) is 1. The van der Waals surface area contributed by atoms with E-state index in [-0.39, 0.29) is 23.3 Å². The molecule has 0 aliphatic carbocycles. The molecule has 0 N–H and O–H groups in total. The average molecular weight is 357 g/mol. The van der Waals surface area contributed by atoms with E-state index >= 15 is 0 Å². The Hall–Kier alpha value is -0.490. The van der Waals surface area contributed by atoms with Crippen LogP contribution >= 0.6 is 34.8 Å². The van der Waals surface area contributed by atoms with Crippen molar-refractivity contribution in [2.45, 2.75) is 12.5 Å². The fraction of sp³-hybridized carbons (Fsp3) is 0.417. The topological polar surface area (TPSA) is 54.5 Å². The van der Waals surface area contributed by atoms with Gasteiger partial charge in [-0.2, -0.15) is 0 Å². The maximum absolute atomic E-state index is 12.0. The Balaban J connectivity index is 2.40. The van der Waals surface area contributed by atoms with Gasteiger partial charge >= 0.3 is 0 Å². The fourth-order valence-corrected chi connectivity index (χ4v) is 4.62. The zero-order valence-corrected chi connectivity index (χ0v) is 13.4. The van der Waals surface area contributed by atoms with E-state index in [0.29, 0.717) is 22.2 Å². The van der Waals surface area contributed by atoms with Gasteiger partial charge in [-0.05, 0) is 24.6 Å². The number of sulfone groups is 1. The highest BCUT2D eigenvalue weighted by Crippen LogP contribution is 2.30. The molecule has 1 aromatic carbocycles. The minimum atomic E-state index is -3.11. The number of hydrogen-bond acceptors (Lipinski definition) is 3. The van der Waals surface area contributed by atoms with E-state index in [4.69, 9.17) is 34.8 Å². The molecule has 1 aliphatic rings. The summed E-state index contributed by atoms with van der Waals surface area (Å²) in [5.74, 6) is -0.606. The van der Waals surface area contributed by atoms with Gasteiger partial charge in [0.2, 0.25) is 5.91 Å². The Morgan fingerprint density at radius 2 is 1.85 bits per heavy atom. The number of benzene rings is 1. The van der Waals surface area contributed by atoms with E-state index in [1.807, 2.05) is 0 Å². The molecule has 0 saturated carbocycles. The summed E-state index contributed by atoms with van der Waals surface area (Å²) in [6.45, 7) is 0. The summed E-state index contributed by atoms with van der Waals surface area (Å²) in [5.41, 5.74) is 0.468. The van der Waals surface area contributed by atoms with E-state index in [1.165, 1.54) is 4.90 Å². The van der Waals surface area contributed by atoms with Crippen LogP contribution in [0.15, 0.2) is 18.2 Å². The Kier molecular flexibility index (Phi) is 4.84. The third-order valence-electron chi connectivity index (χ3n) is 3.08. The molecule has 0 bridgehead atoms. The largest absolute Gasteiger partial charge is 0.307 e. The molecule has 1 amide bonds. The first-order valence-corrected chi connectivity index (χ1v) is 8.98. The highest BCUT2D eigenvalue weighted by molar-refractivity contribution is 7.91. The van der Waals surface area contributed by atoms with E-state index in [0.717, 1.165) is 0 Å². The van der Waals surface area contributed by atoms with E-state index in [1.54, 1.807) is 18.2 Å². The Morgan fingerprint density at radius 3 is 2.30 bits per heavy atom. The summed E-state index contributed by atoms with van der Waals surface area (Å²) in [6, 6.07) is 4.26. The molecular formula is C12H12Cl3NO3S. The monoisotopic (exact) mass is 355 g/mol. The van der Waals surface area contributed by atoms with Gasteiger partial charge in [-0.3, -0.25) is 4.79 Å². The number of hydrogen-bond donors (Lipinski definition) is 0. The van der Waals surface area contributed by atoms with Gasteiger partial charge in [0, 0.05) is 15.7 Å². The lowest BCUT2D eigenvalue weighted by atomic mass is 10.2. The molecule has 4 nitrogen and oxygen atoms in total.